The zero-order valence-corrected chi connectivity index (χ0v) is 14.0. The van der Waals surface area contributed by atoms with Crippen LogP contribution in [0.25, 0.3) is 0 Å². The second-order valence-electron chi connectivity index (χ2n) is 6.12. The zero-order chi connectivity index (χ0) is 17.5. The summed E-state index contributed by atoms with van der Waals surface area (Å²) < 4.78 is 0. The van der Waals surface area contributed by atoms with Crippen LogP contribution in [-0.4, -0.2) is 16.8 Å². The Labute approximate surface area is 147 Å². The van der Waals surface area contributed by atoms with Crippen LogP contribution in [0.4, 0.5) is 5.69 Å². The van der Waals surface area contributed by atoms with Crippen molar-refractivity contribution in [2.75, 3.05) is 5.32 Å². The molecule has 25 heavy (non-hydrogen) atoms. The highest BCUT2D eigenvalue weighted by molar-refractivity contribution is 6.04. The maximum Gasteiger partial charge on any atom is 0.257 e. The van der Waals surface area contributed by atoms with Crippen LogP contribution >= 0.6 is 0 Å². The summed E-state index contributed by atoms with van der Waals surface area (Å²) in [6, 6.07) is 10.9. The van der Waals surface area contributed by atoms with Gasteiger partial charge in [0.15, 0.2) is 0 Å². The Morgan fingerprint density at radius 2 is 1.96 bits per heavy atom. The fraction of sp³-hybridized carbons (Fsp3) is 0.250. The molecule has 5 nitrogen and oxygen atoms in total. The van der Waals surface area contributed by atoms with Crippen molar-refractivity contribution in [3.63, 3.8) is 0 Å². The molecular formula is C20H21N3O2. The third-order valence-electron chi connectivity index (χ3n) is 4.16. The first-order valence-corrected chi connectivity index (χ1v) is 8.48. The highest BCUT2D eigenvalue weighted by Gasteiger charge is 2.09. The highest BCUT2D eigenvalue weighted by atomic mass is 16.2. The molecule has 1 saturated carbocycles. The summed E-state index contributed by atoms with van der Waals surface area (Å²) in [7, 11) is 0. The van der Waals surface area contributed by atoms with E-state index in [0.29, 0.717) is 17.8 Å². The Bertz CT molecular complexity index is 777. The van der Waals surface area contributed by atoms with Crippen molar-refractivity contribution in [2.45, 2.75) is 32.2 Å². The number of aromatic nitrogens is 1. The van der Waals surface area contributed by atoms with Crippen LogP contribution in [0.5, 0.6) is 0 Å². The van der Waals surface area contributed by atoms with Gasteiger partial charge in [-0.3, -0.25) is 14.6 Å². The number of hydrogen-bond donors (Lipinski definition) is 2. The van der Waals surface area contributed by atoms with Gasteiger partial charge in [-0.05, 0) is 55.5 Å². The Hall–Kier alpha value is -2.95. The highest BCUT2D eigenvalue weighted by Crippen LogP contribution is 2.23. The Morgan fingerprint density at radius 3 is 2.72 bits per heavy atom. The number of benzene rings is 1. The van der Waals surface area contributed by atoms with Crippen molar-refractivity contribution >= 4 is 17.5 Å². The van der Waals surface area contributed by atoms with E-state index in [2.05, 4.69) is 15.6 Å². The summed E-state index contributed by atoms with van der Waals surface area (Å²) in [4.78, 5) is 28.1. The van der Waals surface area contributed by atoms with E-state index in [9.17, 15) is 9.59 Å². The van der Waals surface area contributed by atoms with Gasteiger partial charge < -0.3 is 10.6 Å². The topological polar surface area (TPSA) is 71.1 Å². The molecule has 128 valence electrons. The van der Waals surface area contributed by atoms with E-state index in [1.54, 1.807) is 24.4 Å². The minimum Gasteiger partial charge on any atom is -0.348 e. The second kappa shape index (κ2) is 8.24. The monoisotopic (exact) mass is 335 g/mol. The summed E-state index contributed by atoms with van der Waals surface area (Å²) in [6.45, 7) is 0.430. The molecule has 2 aromatic rings. The van der Waals surface area contributed by atoms with Gasteiger partial charge in [0.25, 0.3) is 5.91 Å². The number of amides is 2. The molecule has 0 saturated heterocycles. The van der Waals surface area contributed by atoms with Gasteiger partial charge in [0.1, 0.15) is 0 Å². The maximum absolute atomic E-state index is 12.2. The number of hydrogen-bond acceptors (Lipinski definition) is 3. The van der Waals surface area contributed by atoms with Gasteiger partial charge in [-0.2, -0.15) is 0 Å². The van der Waals surface area contributed by atoms with E-state index >= 15 is 0 Å². The van der Waals surface area contributed by atoms with Crippen molar-refractivity contribution in [3.8, 4) is 0 Å². The molecule has 1 aromatic carbocycles. The van der Waals surface area contributed by atoms with Gasteiger partial charge in [0.05, 0.1) is 5.56 Å². The molecular weight excluding hydrogens is 314 g/mol. The summed E-state index contributed by atoms with van der Waals surface area (Å²) in [6.07, 6.45) is 9.29. The van der Waals surface area contributed by atoms with Crippen molar-refractivity contribution in [1.29, 1.82) is 0 Å². The molecule has 0 radical (unpaired) electrons. The molecule has 1 aliphatic carbocycles. The number of anilines is 1. The first-order valence-electron chi connectivity index (χ1n) is 8.48. The Kier molecular flexibility index (Phi) is 5.57. The molecule has 0 bridgehead atoms. The van der Waals surface area contributed by atoms with Crippen LogP contribution in [0, 0.1) is 0 Å². The summed E-state index contributed by atoms with van der Waals surface area (Å²) in [5.41, 5.74) is 3.36. The lowest BCUT2D eigenvalue weighted by atomic mass is 10.1. The lowest BCUT2D eigenvalue weighted by Crippen LogP contribution is -2.21. The van der Waals surface area contributed by atoms with Crippen molar-refractivity contribution in [1.82, 2.24) is 10.3 Å². The molecule has 1 fully saturated rings. The predicted molar refractivity (Wildman–Crippen MR) is 97.0 cm³/mol. The minimum atomic E-state index is -0.208. The fourth-order valence-corrected chi connectivity index (χ4v) is 2.86. The molecule has 2 N–H and O–H groups in total. The van der Waals surface area contributed by atoms with Crippen LogP contribution in [-0.2, 0) is 11.3 Å². The third kappa shape index (κ3) is 5.01. The van der Waals surface area contributed by atoms with Crippen LogP contribution in [0.3, 0.4) is 0 Å². The predicted octanol–water partition coefficient (Wildman–Crippen LogP) is 3.45. The minimum absolute atomic E-state index is 0.0540. The Balaban J connectivity index is 1.57. The molecule has 0 aliphatic heterocycles. The average molecular weight is 335 g/mol. The lowest BCUT2D eigenvalue weighted by Gasteiger charge is -2.08. The SMILES string of the molecule is O=C(C=C1CCCC1)NCc1cccc(NC(=O)c2cccnc2)c1. The van der Waals surface area contributed by atoms with Crippen LogP contribution in [0.1, 0.15) is 41.6 Å². The zero-order valence-electron chi connectivity index (χ0n) is 14.0. The summed E-state index contributed by atoms with van der Waals surface area (Å²) in [5, 5.41) is 5.74. The fourth-order valence-electron chi connectivity index (χ4n) is 2.86. The standard InChI is InChI=1S/C20H21N3O2/c24-19(12-15-5-1-2-6-15)22-13-16-7-3-9-18(11-16)23-20(25)17-8-4-10-21-14-17/h3-4,7-12,14H,1-2,5-6,13H2,(H,22,24)(H,23,25). The number of allylic oxidation sites excluding steroid dienone is 1. The van der Waals surface area contributed by atoms with E-state index < -0.39 is 0 Å². The molecule has 0 spiro atoms. The molecule has 1 heterocycles. The van der Waals surface area contributed by atoms with Crippen LogP contribution in [0.2, 0.25) is 0 Å². The normalized spacial score (nSPS) is 13.4. The number of carbonyl (C=O) groups is 2. The molecule has 0 atom stereocenters. The van der Waals surface area contributed by atoms with Gasteiger partial charge in [-0.15, -0.1) is 0 Å². The summed E-state index contributed by atoms with van der Waals surface area (Å²) >= 11 is 0. The molecule has 1 aliphatic rings. The largest absolute Gasteiger partial charge is 0.348 e. The van der Waals surface area contributed by atoms with E-state index in [-0.39, 0.29) is 11.8 Å². The van der Waals surface area contributed by atoms with Crippen LogP contribution < -0.4 is 10.6 Å². The van der Waals surface area contributed by atoms with Gasteiger partial charge in [-0.1, -0.05) is 17.7 Å². The molecule has 3 rings (SSSR count). The van der Waals surface area contributed by atoms with Gasteiger partial charge in [-0.25, -0.2) is 0 Å². The first-order chi connectivity index (χ1) is 12.2. The molecule has 5 heteroatoms. The lowest BCUT2D eigenvalue weighted by molar-refractivity contribution is -0.116. The number of nitrogens with one attached hydrogen (secondary N) is 2. The number of rotatable bonds is 5. The second-order valence-corrected chi connectivity index (χ2v) is 6.12. The average Bonchev–Trinajstić information content (AvgIpc) is 3.14. The van der Waals surface area contributed by atoms with Crippen LogP contribution in [0.15, 0.2) is 60.4 Å². The molecule has 1 aromatic heterocycles. The number of carbonyl (C=O) groups excluding carboxylic acids is 2. The third-order valence-corrected chi connectivity index (χ3v) is 4.16. The van der Waals surface area contributed by atoms with E-state index in [1.165, 1.54) is 24.6 Å². The summed E-state index contributed by atoms with van der Waals surface area (Å²) in [5.74, 6) is -0.262. The van der Waals surface area contributed by atoms with Gasteiger partial charge in [0, 0.05) is 30.7 Å². The quantitative estimate of drug-likeness (QED) is 0.822. The van der Waals surface area contributed by atoms with Gasteiger partial charge >= 0.3 is 0 Å². The first kappa shape index (κ1) is 16.9. The Morgan fingerprint density at radius 1 is 1.12 bits per heavy atom. The van der Waals surface area contributed by atoms with Crippen molar-refractivity contribution in [2.24, 2.45) is 0 Å². The van der Waals surface area contributed by atoms with E-state index in [4.69, 9.17) is 0 Å². The van der Waals surface area contributed by atoms with E-state index in [1.807, 2.05) is 24.3 Å². The van der Waals surface area contributed by atoms with E-state index in [0.717, 1.165) is 18.4 Å². The molecule has 0 unspecified atom stereocenters. The number of pyridine rings is 1. The van der Waals surface area contributed by atoms with Crippen molar-refractivity contribution < 1.29 is 9.59 Å². The van der Waals surface area contributed by atoms with Gasteiger partial charge in [0.2, 0.25) is 5.91 Å². The van der Waals surface area contributed by atoms with Crippen molar-refractivity contribution in [3.05, 3.63) is 71.6 Å². The molecule has 2 amide bonds. The smallest absolute Gasteiger partial charge is 0.257 e. The maximum atomic E-state index is 12.2. The number of nitrogens with zero attached hydrogens (tertiary/aromatic N) is 1.